The maximum atomic E-state index is 13.3. The highest BCUT2D eigenvalue weighted by molar-refractivity contribution is 5.72. The molecular formula is C17H21F2NO. The van der Waals surface area contributed by atoms with E-state index in [1.165, 1.54) is 25.3 Å². The molecule has 0 saturated carbocycles. The van der Waals surface area contributed by atoms with Gasteiger partial charge in [0.05, 0.1) is 13.7 Å². The minimum Gasteiger partial charge on any atom is -0.500 e. The van der Waals surface area contributed by atoms with E-state index >= 15 is 0 Å². The summed E-state index contributed by atoms with van der Waals surface area (Å²) >= 11 is 0. The predicted octanol–water partition coefficient (Wildman–Crippen LogP) is 3.99. The first-order chi connectivity index (χ1) is 10.1. The van der Waals surface area contributed by atoms with Gasteiger partial charge >= 0.3 is 0 Å². The molecule has 0 N–H and O–H groups in total. The number of methoxy groups -OCH3 is 1. The zero-order valence-corrected chi connectivity index (χ0v) is 12.4. The Hall–Kier alpha value is -1.68. The van der Waals surface area contributed by atoms with Crippen LogP contribution in [-0.4, -0.2) is 31.6 Å². The fraction of sp³-hybridized carbons (Fsp3) is 0.412. The number of halogens is 2. The fourth-order valence-electron chi connectivity index (χ4n) is 2.48. The topological polar surface area (TPSA) is 12.5 Å². The number of rotatable bonds is 5. The summed E-state index contributed by atoms with van der Waals surface area (Å²) in [6.07, 6.45) is 5.49. The molecule has 0 aromatic heterocycles. The molecule has 0 amide bonds. The Morgan fingerprint density at radius 1 is 1.24 bits per heavy atom. The lowest BCUT2D eigenvalue weighted by molar-refractivity contribution is 0.190. The van der Waals surface area contributed by atoms with Gasteiger partial charge in [0.15, 0.2) is 11.6 Å². The van der Waals surface area contributed by atoms with Crippen molar-refractivity contribution >= 4 is 5.57 Å². The van der Waals surface area contributed by atoms with Crippen LogP contribution >= 0.6 is 0 Å². The van der Waals surface area contributed by atoms with Gasteiger partial charge in [-0.2, -0.15) is 0 Å². The third kappa shape index (κ3) is 4.39. The summed E-state index contributed by atoms with van der Waals surface area (Å²) in [6, 6.07) is 3.79. The van der Waals surface area contributed by atoms with Gasteiger partial charge < -0.3 is 4.74 Å². The van der Waals surface area contributed by atoms with E-state index in [1.54, 1.807) is 13.2 Å². The van der Waals surface area contributed by atoms with Crippen molar-refractivity contribution in [3.63, 3.8) is 0 Å². The average Bonchev–Trinajstić information content (AvgIpc) is 2.50. The molecule has 2 nitrogen and oxygen atoms in total. The molecule has 0 bridgehead atoms. The third-order valence-electron chi connectivity index (χ3n) is 3.72. The molecule has 21 heavy (non-hydrogen) atoms. The van der Waals surface area contributed by atoms with Crippen molar-refractivity contribution in [2.24, 2.45) is 0 Å². The van der Waals surface area contributed by atoms with Gasteiger partial charge in [0.2, 0.25) is 0 Å². The van der Waals surface area contributed by atoms with Crippen molar-refractivity contribution < 1.29 is 13.5 Å². The number of nitrogens with zero attached hydrogens (tertiary/aromatic N) is 1. The number of hydrogen-bond donors (Lipinski definition) is 0. The molecule has 0 aliphatic carbocycles. The van der Waals surface area contributed by atoms with E-state index in [1.807, 2.05) is 0 Å². The van der Waals surface area contributed by atoms with Crippen LogP contribution in [0.15, 0.2) is 36.6 Å². The summed E-state index contributed by atoms with van der Waals surface area (Å²) in [5, 5.41) is 0. The molecule has 1 aliphatic rings. The molecule has 1 aromatic rings. The Kier molecular flexibility index (Phi) is 5.51. The Morgan fingerprint density at radius 2 is 1.95 bits per heavy atom. The first-order valence-corrected chi connectivity index (χ1v) is 7.21. The van der Waals surface area contributed by atoms with Crippen molar-refractivity contribution in [2.75, 3.05) is 26.7 Å². The molecule has 0 unspecified atom stereocenters. The van der Waals surface area contributed by atoms with Crippen molar-refractivity contribution in [3.05, 3.63) is 53.8 Å². The van der Waals surface area contributed by atoms with Gasteiger partial charge in [-0.3, -0.25) is 4.90 Å². The molecule has 1 aromatic carbocycles. The van der Waals surface area contributed by atoms with Crippen LogP contribution in [0.2, 0.25) is 0 Å². The van der Waals surface area contributed by atoms with Crippen LogP contribution in [-0.2, 0) is 4.74 Å². The standard InChI is InChI=1S/C17H21F2NO/c1-13(14-6-7-16(18)17(19)11-14)10-15(21-2)12-20-8-4-3-5-9-20/h6-7,10-11H,1,3-5,8-9,12H2,2H3/b15-10-. The Bertz CT molecular complexity index is 534. The molecule has 0 spiro atoms. The average molecular weight is 293 g/mol. The molecule has 1 heterocycles. The van der Waals surface area contributed by atoms with Crippen molar-refractivity contribution in [1.82, 2.24) is 4.90 Å². The fourth-order valence-corrected chi connectivity index (χ4v) is 2.48. The summed E-state index contributed by atoms with van der Waals surface area (Å²) in [5.74, 6) is -0.931. The van der Waals surface area contributed by atoms with Crippen LogP contribution in [0.5, 0.6) is 0 Å². The minimum atomic E-state index is -0.864. The molecule has 0 atom stereocenters. The number of likely N-dealkylation sites (tertiary alicyclic amines) is 1. The van der Waals surface area contributed by atoms with Gasteiger partial charge in [-0.25, -0.2) is 8.78 Å². The molecule has 2 rings (SSSR count). The number of ether oxygens (including phenoxy) is 1. The highest BCUT2D eigenvalue weighted by Gasteiger charge is 2.12. The van der Waals surface area contributed by atoms with E-state index in [2.05, 4.69) is 11.5 Å². The van der Waals surface area contributed by atoms with Gasteiger partial charge in [0, 0.05) is 0 Å². The highest BCUT2D eigenvalue weighted by Crippen LogP contribution is 2.19. The van der Waals surface area contributed by atoms with E-state index < -0.39 is 11.6 Å². The number of piperidine rings is 1. The molecule has 4 heteroatoms. The smallest absolute Gasteiger partial charge is 0.159 e. The van der Waals surface area contributed by atoms with Crippen LogP contribution < -0.4 is 0 Å². The van der Waals surface area contributed by atoms with E-state index in [4.69, 9.17) is 4.74 Å². The molecular weight excluding hydrogens is 272 g/mol. The summed E-state index contributed by atoms with van der Waals surface area (Å²) in [5.41, 5.74) is 1.17. The first-order valence-electron chi connectivity index (χ1n) is 7.21. The van der Waals surface area contributed by atoms with Gasteiger partial charge in [0.1, 0.15) is 5.76 Å². The number of allylic oxidation sites excluding steroid dienone is 2. The van der Waals surface area contributed by atoms with Gasteiger partial charge in [-0.1, -0.05) is 19.1 Å². The maximum absolute atomic E-state index is 13.3. The van der Waals surface area contributed by atoms with Gasteiger partial charge in [-0.15, -0.1) is 0 Å². The second kappa shape index (κ2) is 7.36. The Labute approximate surface area is 124 Å². The lowest BCUT2D eigenvalue weighted by atomic mass is 10.1. The maximum Gasteiger partial charge on any atom is 0.159 e. The first kappa shape index (κ1) is 15.7. The van der Waals surface area contributed by atoms with Crippen LogP contribution in [0.3, 0.4) is 0 Å². The molecule has 1 fully saturated rings. The van der Waals surface area contributed by atoms with Crippen molar-refractivity contribution in [1.29, 1.82) is 0 Å². The molecule has 0 radical (unpaired) electrons. The summed E-state index contributed by atoms with van der Waals surface area (Å²) in [7, 11) is 1.62. The quantitative estimate of drug-likeness (QED) is 0.601. The molecule has 114 valence electrons. The van der Waals surface area contributed by atoms with Crippen LogP contribution in [0.1, 0.15) is 24.8 Å². The summed E-state index contributed by atoms with van der Waals surface area (Å²) < 4.78 is 31.6. The highest BCUT2D eigenvalue weighted by atomic mass is 19.2. The Morgan fingerprint density at radius 3 is 2.57 bits per heavy atom. The predicted molar refractivity (Wildman–Crippen MR) is 80.8 cm³/mol. The lowest BCUT2D eigenvalue weighted by Gasteiger charge is -2.26. The normalized spacial score (nSPS) is 16.8. The SMILES string of the molecule is C=C(/C=C(/CN1CCCCC1)OC)c1ccc(F)c(F)c1. The van der Waals surface area contributed by atoms with E-state index in [0.717, 1.165) is 37.5 Å². The van der Waals surface area contributed by atoms with E-state index in [9.17, 15) is 8.78 Å². The van der Waals surface area contributed by atoms with Crippen LogP contribution in [0.4, 0.5) is 8.78 Å². The van der Waals surface area contributed by atoms with E-state index in [0.29, 0.717) is 11.1 Å². The second-order valence-electron chi connectivity index (χ2n) is 5.31. The zero-order chi connectivity index (χ0) is 15.2. The molecule has 1 saturated heterocycles. The lowest BCUT2D eigenvalue weighted by Crippen LogP contribution is -2.31. The largest absolute Gasteiger partial charge is 0.500 e. The monoisotopic (exact) mass is 293 g/mol. The third-order valence-corrected chi connectivity index (χ3v) is 3.72. The Balaban J connectivity index is 2.06. The van der Waals surface area contributed by atoms with Crippen molar-refractivity contribution in [3.8, 4) is 0 Å². The summed E-state index contributed by atoms with van der Waals surface area (Å²) in [6.45, 7) is 6.77. The number of benzene rings is 1. The van der Waals surface area contributed by atoms with Gasteiger partial charge in [0.25, 0.3) is 0 Å². The van der Waals surface area contributed by atoms with Gasteiger partial charge in [-0.05, 0) is 55.3 Å². The summed E-state index contributed by atoms with van der Waals surface area (Å²) in [4.78, 5) is 2.33. The molecule has 1 aliphatic heterocycles. The van der Waals surface area contributed by atoms with E-state index in [-0.39, 0.29) is 0 Å². The zero-order valence-electron chi connectivity index (χ0n) is 12.4. The van der Waals surface area contributed by atoms with Crippen LogP contribution in [0.25, 0.3) is 5.57 Å². The van der Waals surface area contributed by atoms with Crippen LogP contribution in [0, 0.1) is 11.6 Å². The minimum absolute atomic E-state index is 0.557. The second-order valence-corrected chi connectivity index (χ2v) is 5.31. The number of hydrogen-bond acceptors (Lipinski definition) is 2. The van der Waals surface area contributed by atoms with Crippen molar-refractivity contribution in [2.45, 2.75) is 19.3 Å².